The normalized spacial score (nSPS) is 11.2. The average molecular weight is 294 g/mol. The van der Waals surface area contributed by atoms with Gasteiger partial charge in [-0.3, -0.25) is 0 Å². The number of aromatic nitrogens is 2. The van der Waals surface area contributed by atoms with Crippen LogP contribution in [0.25, 0.3) is 10.9 Å². The molecular weight excluding hydrogens is 274 g/mol. The first kappa shape index (κ1) is 15.0. The highest BCUT2D eigenvalue weighted by atomic mass is 35.5. The number of ether oxygens (including phenoxy) is 1. The standard InChI is InChI=1S/C15H20ClN3O/c1-11-8-12-13(17-10-18-15(12)16)9-14(11)20-7-5-4-6-19(2)3/h8-10H,4-7H2,1-3H3. The maximum atomic E-state index is 6.06. The largest absolute Gasteiger partial charge is 0.493 e. The summed E-state index contributed by atoms with van der Waals surface area (Å²) >= 11 is 6.06. The second-order valence-corrected chi connectivity index (χ2v) is 5.52. The Morgan fingerprint density at radius 3 is 2.75 bits per heavy atom. The third-order valence-electron chi connectivity index (χ3n) is 3.14. The molecule has 1 aromatic heterocycles. The van der Waals surface area contributed by atoms with Crippen LogP contribution in [0.15, 0.2) is 18.5 Å². The van der Waals surface area contributed by atoms with Gasteiger partial charge in [0.1, 0.15) is 17.2 Å². The molecule has 2 rings (SSSR count). The molecule has 1 aromatic carbocycles. The summed E-state index contributed by atoms with van der Waals surface area (Å²) in [5.74, 6) is 0.872. The molecule has 2 aromatic rings. The van der Waals surface area contributed by atoms with Gasteiger partial charge in [-0.25, -0.2) is 9.97 Å². The van der Waals surface area contributed by atoms with Gasteiger partial charge >= 0.3 is 0 Å². The van der Waals surface area contributed by atoms with Gasteiger partial charge in [-0.2, -0.15) is 0 Å². The first-order valence-corrected chi connectivity index (χ1v) is 7.14. The number of benzene rings is 1. The van der Waals surface area contributed by atoms with Crippen molar-refractivity contribution in [3.8, 4) is 5.75 Å². The lowest BCUT2D eigenvalue weighted by atomic mass is 10.1. The van der Waals surface area contributed by atoms with E-state index in [1.807, 2.05) is 19.1 Å². The molecule has 0 saturated heterocycles. The van der Waals surface area contributed by atoms with E-state index in [2.05, 4.69) is 29.0 Å². The van der Waals surface area contributed by atoms with Crippen LogP contribution in [0.3, 0.4) is 0 Å². The SMILES string of the molecule is Cc1cc2c(Cl)ncnc2cc1OCCCCN(C)C. The summed E-state index contributed by atoms with van der Waals surface area (Å²) in [5, 5.41) is 1.35. The van der Waals surface area contributed by atoms with Crippen LogP contribution in [0, 0.1) is 6.92 Å². The molecule has 0 aliphatic rings. The molecule has 1 heterocycles. The van der Waals surface area contributed by atoms with Crippen molar-refractivity contribution in [1.29, 1.82) is 0 Å². The smallest absolute Gasteiger partial charge is 0.140 e. The van der Waals surface area contributed by atoms with Gasteiger partial charge < -0.3 is 9.64 Å². The molecular formula is C15H20ClN3O. The topological polar surface area (TPSA) is 38.3 Å². The predicted molar refractivity (Wildman–Crippen MR) is 82.6 cm³/mol. The monoisotopic (exact) mass is 293 g/mol. The number of hydrogen-bond donors (Lipinski definition) is 0. The first-order chi connectivity index (χ1) is 9.58. The molecule has 0 N–H and O–H groups in total. The zero-order valence-electron chi connectivity index (χ0n) is 12.2. The number of fused-ring (bicyclic) bond motifs is 1. The van der Waals surface area contributed by atoms with E-state index < -0.39 is 0 Å². The van der Waals surface area contributed by atoms with Gasteiger partial charge in [-0.1, -0.05) is 11.6 Å². The van der Waals surface area contributed by atoms with Crippen molar-refractivity contribution in [2.45, 2.75) is 19.8 Å². The Balaban J connectivity index is 2.02. The molecule has 108 valence electrons. The molecule has 5 heteroatoms. The van der Waals surface area contributed by atoms with Crippen molar-refractivity contribution in [3.63, 3.8) is 0 Å². The van der Waals surface area contributed by atoms with Gasteiger partial charge in [0.2, 0.25) is 0 Å². The fourth-order valence-corrected chi connectivity index (χ4v) is 2.22. The zero-order valence-corrected chi connectivity index (χ0v) is 12.9. The minimum atomic E-state index is 0.482. The molecule has 0 aliphatic carbocycles. The molecule has 0 amide bonds. The summed E-state index contributed by atoms with van der Waals surface area (Å²) in [4.78, 5) is 10.4. The van der Waals surface area contributed by atoms with Gasteiger partial charge in [-0.15, -0.1) is 0 Å². The lowest BCUT2D eigenvalue weighted by Gasteiger charge is -2.12. The quantitative estimate of drug-likeness (QED) is 0.605. The Bertz CT molecular complexity index is 587. The minimum absolute atomic E-state index is 0.482. The maximum Gasteiger partial charge on any atom is 0.140 e. The number of halogens is 1. The molecule has 0 spiro atoms. The van der Waals surface area contributed by atoms with E-state index in [0.29, 0.717) is 5.15 Å². The van der Waals surface area contributed by atoms with Gasteiger partial charge in [0.25, 0.3) is 0 Å². The van der Waals surface area contributed by atoms with Crippen LogP contribution in [0.4, 0.5) is 0 Å². The number of rotatable bonds is 6. The van der Waals surface area contributed by atoms with Crippen LogP contribution in [0.5, 0.6) is 5.75 Å². The fraction of sp³-hybridized carbons (Fsp3) is 0.467. The van der Waals surface area contributed by atoms with Crippen molar-refractivity contribution in [2.75, 3.05) is 27.2 Å². The third-order valence-corrected chi connectivity index (χ3v) is 3.44. The van der Waals surface area contributed by atoms with Crippen molar-refractivity contribution in [2.24, 2.45) is 0 Å². The number of unbranched alkanes of at least 4 members (excludes halogenated alkanes) is 1. The van der Waals surface area contributed by atoms with E-state index in [1.54, 1.807) is 0 Å². The summed E-state index contributed by atoms with van der Waals surface area (Å²) in [7, 11) is 4.16. The molecule has 0 atom stereocenters. The van der Waals surface area contributed by atoms with E-state index in [4.69, 9.17) is 16.3 Å². The van der Waals surface area contributed by atoms with Gasteiger partial charge in [0, 0.05) is 11.5 Å². The first-order valence-electron chi connectivity index (χ1n) is 6.76. The molecule has 0 aliphatic heterocycles. The maximum absolute atomic E-state index is 6.06. The summed E-state index contributed by atoms with van der Waals surface area (Å²) in [5.41, 5.74) is 1.88. The number of hydrogen-bond acceptors (Lipinski definition) is 4. The summed E-state index contributed by atoms with van der Waals surface area (Å²) in [6.45, 7) is 3.82. The van der Waals surface area contributed by atoms with Crippen LogP contribution >= 0.6 is 11.6 Å². The van der Waals surface area contributed by atoms with Crippen LogP contribution < -0.4 is 4.74 Å². The summed E-state index contributed by atoms with van der Waals surface area (Å²) in [6, 6.07) is 3.91. The fourth-order valence-electron chi connectivity index (χ4n) is 2.03. The molecule has 4 nitrogen and oxygen atoms in total. The Morgan fingerprint density at radius 1 is 1.20 bits per heavy atom. The summed E-state index contributed by atoms with van der Waals surface area (Å²) in [6.07, 6.45) is 3.65. The molecule has 0 saturated carbocycles. The molecule has 0 unspecified atom stereocenters. The number of nitrogens with zero attached hydrogens (tertiary/aromatic N) is 3. The van der Waals surface area contributed by atoms with Crippen LogP contribution in [0.2, 0.25) is 5.15 Å². The van der Waals surface area contributed by atoms with E-state index in [-0.39, 0.29) is 0 Å². The highest BCUT2D eigenvalue weighted by Gasteiger charge is 2.07. The summed E-state index contributed by atoms with van der Waals surface area (Å²) < 4.78 is 5.84. The second-order valence-electron chi connectivity index (χ2n) is 5.16. The van der Waals surface area contributed by atoms with Crippen molar-refractivity contribution < 1.29 is 4.74 Å². The average Bonchev–Trinajstić information content (AvgIpc) is 2.40. The van der Waals surface area contributed by atoms with Gasteiger partial charge in [0.15, 0.2) is 0 Å². The van der Waals surface area contributed by atoms with Crippen LogP contribution in [-0.4, -0.2) is 42.1 Å². The van der Waals surface area contributed by atoms with Crippen molar-refractivity contribution in [1.82, 2.24) is 14.9 Å². The lowest BCUT2D eigenvalue weighted by molar-refractivity contribution is 0.292. The second kappa shape index (κ2) is 6.86. The molecule has 0 fully saturated rings. The van der Waals surface area contributed by atoms with Crippen molar-refractivity contribution in [3.05, 3.63) is 29.2 Å². The van der Waals surface area contributed by atoms with Gasteiger partial charge in [-0.05, 0) is 52.0 Å². The molecule has 20 heavy (non-hydrogen) atoms. The van der Waals surface area contributed by atoms with E-state index in [0.717, 1.165) is 48.2 Å². The Labute approximate surface area is 124 Å². The molecule has 0 radical (unpaired) electrons. The van der Waals surface area contributed by atoms with Gasteiger partial charge in [0.05, 0.1) is 12.1 Å². The predicted octanol–water partition coefficient (Wildman–Crippen LogP) is 3.31. The van der Waals surface area contributed by atoms with Crippen LogP contribution in [0.1, 0.15) is 18.4 Å². The highest BCUT2D eigenvalue weighted by molar-refractivity contribution is 6.34. The number of aryl methyl sites for hydroxylation is 1. The Hall–Kier alpha value is -1.39. The molecule has 0 bridgehead atoms. The van der Waals surface area contributed by atoms with E-state index >= 15 is 0 Å². The van der Waals surface area contributed by atoms with E-state index in [1.165, 1.54) is 6.33 Å². The lowest BCUT2D eigenvalue weighted by Crippen LogP contribution is -2.13. The Morgan fingerprint density at radius 2 is 2.00 bits per heavy atom. The highest BCUT2D eigenvalue weighted by Crippen LogP contribution is 2.27. The third kappa shape index (κ3) is 3.81. The van der Waals surface area contributed by atoms with E-state index in [9.17, 15) is 0 Å². The minimum Gasteiger partial charge on any atom is -0.493 e. The van der Waals surface area contributed by atoms with Crippen LogP contribution in [-0.2, 0) is 0 Å². The Kier molecular flexibility index (Phi) is 5.15. The zero-order chi connectivity index (χ0) is 14.5. The van der Waals surface area contributed by atoms with Crippen molar-refractivity contribution >= 4 is 22.5 Å².